The Labute approximate surface area is 205 Å². The summed E-state index contributed by atoms with van der Waals surface area (Å²) in [6, 6.07) is 32.1. The largest absolute Gasteiger partial charge is 0.271 e. The highest BCUT2D eigenvalue weighted by molar-refractivity contribution is 8.00. The molecule has 1 aliphatic rings. The molecule has 0 atom stereocenters. The lowest BCUT2D eigenvalue weighted by molar-refractivity contribution is 0.0955. The third-order valence-corrected chi connectivity index (χ3v) is 8.03. The van der Waals surface area contributed by atoms with Crippen molar-refractivity contribution < 1.29 is 4.79 Å². The van der Waals surface area contributed by atoms with Gasteiger partial charge in [-0.2, -0.15) is 5.10 Å². The number of nitrogens with zero attached hydrogens (tertiary/aromatic N) is 2. The number of hydrogen-bond donors (Lipinski definition) is 1. The van der Waals surface area contributed by atoms with Crippen LogP contribution in [0.3, 0.4) is 0 Å². The van der Waals surface area contributed by atoms with Crippen molar-refractivity contribution in [1.29, 1.82) is 0 Å². The van der Waals surface area contributed by atoms with Crippen LogP contribution in [0.15, 0.2) is 107 Å². The van der Waals surface area contributed by atoms with Crippen LogP contribution in [0.25, 0.3) is 21.3 Å². The topological polar surface area (TPSA) is 54.4 Å². The van der Waals surface area contributed by atoms with E-state index >= 15 is 0 Å². The number of hydrogen-bond acceptors (Lipinski definition) is 5. The van der Waals surface area contributed by atoms with Crippen LogP contribution in [-0.4, -0.2) is 16.6 Å². The highest BCUT2D eigenvalue weighted by Crippen LogP contribution is 2.36. The number of amides is 1. The van der Waals surface area contributed by atoms with E-state index in [0.29, 0.717) is 5.56 Å². The summed E-state index contributed by atoms with van der Waals surface area (Å²) in [5.41, 5.74) is 10.7. The Morgan fingerprint density at radius 3 is 2.09 bits per heavy atom. The zero-order valence-corrected chi connectivity index (χ0v) is 19.7. The van der Waals surface area contributed by atoms with E-state index in [4.69, 9.17) is 0 Å². The molecule has 1 N–H and O–H groups in total. The van der Waals surface area contributed by atoms with E-state index in [1.54, 1.807) is 23.1 Å². The predicted molar refractivity (Wildman–Crippen MR) is 141 cm³/mol. The van der Waals surface area contributed by atoms with Crippen molar-refractivity contribution >= 4 is 44.9 Å². The number of hydrazone groups is 1. The smallest absolute Gasteiger partial charge is 0.267 e. The summed E-state index contributed by atoms with van der Waals surface area (Å²) >= 11 is 3.42. The number of rotatable bonds is 5. The van der Waals surface area contributed by atoms with Gasteiger partial charge in [0.05, 0.1) is 15.9 Å². The van der Waals surface area contributed by atoms with Gasteiger partial charge in [0.2, 0.25) is 0 Å². The lowest BCUT2D eigenvalue weighted by Crippen LogP contribution is -2.19. The first-order valence-corrected chi connectivity index (χ1v) is 12.7. The molecule has 0 fully saturated rings. The van der Waals surface area contributed by atoms with Gasteiger partial charge in [-0.05, 0) is 41.0 Å². The lowest BCUT2D eigenvalue weighted by Gasteiger charge is -2.05. The number of aromatic nitrogens is 1. The van der Waals surface area contributed by atoms with Crippen LogP contribution < -0.4 is 5.43 Å². The summed E-state index contributed by atoms with van der Waals surface area (Å²) in [5, 5.41) is 4.51. The number of carbonyl (C=O) groups excluding carboxylic acids is 1. The Bertz CT molecular complexity index is 1470. The summed E-state index contributed by atoms with van der Waals surface area (Å²) in [7, 11) is 0. The van der Waals surface area contributed by atoms with Gasteiger partial charge in [-0.3, -0.25) is 4.79 Å². The van der Waals surface area contributed by atoms with Gasteiger partial charge in [-0.1, -0.05) is 84.6 Å². The molecule has 5 aromatic rings. The fourth-order valence-electron chi connectivity index (χ4n) is 4.10. The zero-order valence-electron chi connectivity index (χ0n) is 18.1. The van der Waals surface area contributed by atoms with E-state index in [0.717, 1.165) is 49.1 Å². The third kappa shape index (κ3) is 3.91. The van der Waals surface area contributed by atoms with Gasteiger partial charge in [-0.25, -0.2) is 10.4 Å². The maximum Gasteiger partial charge on any atom is 0.271 e. The van der Waals surface area contributed by atoms with Gasteiger partial charge in [0.1, 0.15) is 0 Å². The quantitative estimate of drug-likeness (QED) is 0.221. The predicted octanol–water partition coefficient (Wildman–Crippen LogP) is 6.75. The molecule has 4 nitrogen and oxygen atoms in total. The summed E-state index contributed by atoms with van der Waals surface area (Å²) in [6.07, 6.45) is 0. The van der Waals surface area contributed by atoms with Crippen molar-refractivity contribution in [3.63, 3.8) is 0 Å². The molecule has 1 aromatic heterocycles. The van der Waals surface area contributed by atoms with Crippen molar-refractivity contribution in [3.8, 4) is 11.1 Å². The van der Waals surface area contributed by atoms with Crippen molar-refractivity contribution in [3.05, 3.63) is 119 Å². The number of thiazole rings is 1. The molecule has 1 amide bonds. The van der Waals surface area contributed by atoms with Crippen molar-refractivity contribution in [2.24, 2.45) is 5.10 Å². The number of fused-ring (bicyclic) bond motifs is 4. The third-order valence-electron chi connectivity index (χ3n) is 5.78. The number of nitrogens with one attached hydrogen (secondary N) is 1. The number of carbonyl (C=O) groups is 1. The average Bonchev–Trinajstić information content (AvgIpc) is 3.45. The molecule has 6 heteroatoms. The highest BCUT2D eigenvalue weighted by Gasteiger charge is 2.24. The van der Waals surface area contributed by atoms with Gasteiger partial charge in [0.25, 0.3) is 5.91 Å². The summed E-state index contributed by atoms with van der Waals surface area (Å²) in [5.74, 6) is 0.581. The Morgan fingerprint density at radius 1 is 0.794 bits per heavy atom. The standard InChI is InChI=1S/C28H19N3OS2/c32-27(31-30-26-22-9-3-1-7-20(22)21-8-2-4-10-23(21)26)19-15-13-18(14-16-19)17-33-28-29-24-11-5-6-12-25(24)34-28/h1-16H,17H2,(H,31,32). The molecular weight excluding hydrogens is 458 g/mol. The van der Waals surface area contributed by atoms with E-state index in [1.165, 1.54) is 4.70 Å². The molecule has 0 radical (unpaired) electrons. The molecule has 4 aromatic carbocycles. The molecule has 164 valence electrons. The van der Waals surface area contributed by atoms with Crippen LogP contribution in [0.1, 0.15) is 27.0 Å². The van der Waals surface area contributed by atoms with Crippen LogP contribution in [0.2, 0.25) is 0 Å². The van der Waals surface area contributed by atoms with E-state index < -0.39 is 0 Å². The van der Waals surface area contributed by atoms with Crippen molar-refractivity contribution in [2.45, 2.75) is 10.1 Å². The van der Waals surface area contributed by atoms with Gasteiger partial charge in [0.15, 0.2) is 4.34 Å². The Morgan fingerprint density at radius 2 is 1.41 bits per heavy atom. The minimum Gasteiger partial charge on any atom is -0.267 e. The molecule has 34 heavy (non-hydrogen) atoms. The minimum atomic E-state index is -0.222. The van der Waals surface area contributed by atoms with Crippen LogP contribution in [0.4, 0.5) is 0 Å². The normalized spacial score (nSPS) is 11.8. The first-order valence-electron chi connectivity index (χ1n) is 10.9. The van der Waals surface area contributed by atoms with E-state index in [-0.39, 0.29) is 5.91 Å². The zero-order chi connectivity index (χ0) is 22.9. The Kier molecular flexibility index (Phi) is 5.45. The number of benzene rings is 4. The second kappa shape index (κ2) is 8.89. The maximum atomic E-state index is 12.8. The minimum absolute atomic E-state index is 0.222. The monoisotopic (exact) mass is 477 g/mol. The van der Waals surface area contributed by atoms with Crippen LogP contribution in [0.5, 0.6) is 0 Å². The fraction of sp³-hybridized carbons (Fsp3) is 0.0357. The highest BCUT2D eigenvalue weighted by atomic mass is 32.2. The number of thioether (sulfide) groups is 1. The molecule has 0 aliphatic heterocycles. The van der Waals surface area contributed by atoms with E-state index in [2.05, 4.69) is 33.7 Å². The van der Waals surface area contributed by atoms with Gasteiger partial charge in [-0.15, -0.1) is 11.3 Å². The van der Waals surface area contributed by atoms with E-state index in [9.17, 15) is 4.79 Å². The van der Waals surface area contributed by atoms with Crippen LogP contribution in [0, 0.1) is 0 Å². The van der Waals surface area contributed by atoms with Gasteiger partial charge in [0, 0.05) is 22.4 Å². The molecule has 0 unspecified atom stereocenters. The lowest BCUT2D eigenvalue weighted by atomic mass is 10.1. The SMILES string of the molecule is O=C(NN=C1c2ccccc2-c2ccccc21)c1ccc(CSc2nc3ccccc3s2)cc1. The molecule has 0 saturated carbocycles. The molecule has 1 aliphatic carbocycles. The van der Waals surface area contributed by atoms with Gasteiger partial charge < -0.3 is 0 Å². The average molecular weight is 478 g/mol. The molecule has 1 heterocycles. The van der Waals surface area contributed by atoms with Crippen LogP contribution in [-0.2, 0) is 5.75 Å². The molecule has 0 spiro atoms. The first-order chi connectivity index (χ1) is 16.8. The second-order valence-electron chi connectivity index (χ2n) is 7.93. The van der Waals surface area contributed by atoms with Crippen molar-refractivity contribution in [1.82, 2.24) is 10.4 Å². The molecular formula is C28H19N3OS2. The molecule has 0 saturated heterocycles. The van der Waals surface area contributed by atoms with Crippen LogP contribution >= 0.6 is 23.1 Å². The summed E-state index contributed by atoms with van der Waals surface area (Å²) < 4.78 is 2.25. The van der Waals surface area contributed by atoms with E-state index in [1.807, 2.05) is 78.9 Å². The molecule has 6 rings (SSSR count). The second-order valence-corrected chi connectivity index (χ2v) is 10.2. The first kappa shape index (κ1) is 20.8. The summed E-state index contributed by atoms with van der Waals surface area (Å²) in [4.78, 5) is 17.5. The van der Waals surface area contributed by atoms with Gasteiger partial charge >= 0.3 is 0 Å². The maximum absolute atomic E-state index is 12.8. The number of para-hydroxylation sites is 1. The molecule has 0 bridgehead atoms. The van der Waals surface area contributed by atoms with Crippen molar-refractivity contribution in [2.75, 3.05) is 0 Å². The Hall–Kier alpha value is -3.74. The fourth-order valence-corrected chi connectivity index (χ4v) is 6.12. The Balaban J connectivity index is 1.15. The summed E-state index contributed by atoms with van der Waals surface area (Å²) in [6.45, 7) is 0.